The highest BCUT2D eigenvalue weighted by Gasteiger charge is 2.14. The van der Waals surface area contributed by atoms with Gasteiger partial charge in [0.05, 0.1) is 15.6 Å². The number of hydrogen-bond acceptors (Lipinski definition) is 1. The molecule has 0 unspecified atom stereocenters. The van der Waals surface area contributed by atoms with E-state index in [1.807, 2.05) is 24.3 Å². The summed E-state index contributed by atoms with van der Waals surface area (Å²) in [5, 5.41) is 3.17. The predicted molar refractivity (Wildman–Crippen MR) is 82.7 cm³/mol. The fraction of sp³-hybridized carbons (Fsp3) is 0. The standard InChI is InChI=1S/C15H9Cl2FN2O/c16-11-5-8(6-12(17)14(11)18)20-15(21)10-7-19-13-4-2-1-3-9(10)13/h1-7,19H,(H,20,21). The Morgan fingerprint density at radius 1 is 1.14 bits per heavy atom. The van der Waals surface area contributed by atoms with E-state index in [0.29, 0.717) is 11.3 Å². The molecule has 1 amide bonds. The molecule has 0 spiro atoms. The first-order valence-corrected chi connectivity index (χ1v) is 6.84. The zero-order valence-corrected chi connectivity index (χ0v) is 12.1. The summed E-state index contributed by atoms with van der Waals surface area (Å²) in [7, 11) is 0. The highest BCUT2D eigenvalue weighted by atomic mass is 35.5. The molecular weight excluding hydrogens is 314 g/mol. The lowest BCUT2D eigenvalue weighted by Gasteiger charge is -2.06. The van der Waals surface area contributed by atoms with E-state index in [1.165, 1.54) is 12.1 Å². The fourth-order valence-electron chi connectivity index (χ4n) is 2.09. The van der Waals surface area contributed by atoms with Crippen LogP contribution in [0.4, 0.5) is 10.1 Å². The number of H-pyrrole nitrogens is 1. The summed E-state index contributed by atoms with van der Waals surface area (Å²) < 4.78 is 13.3. The first-order valence-electron chi connectivity index (χ1n) is 6.08. The fourth-order valence-corrected chi connectivity index (χ4v) is 2.57. The topological polar surface area (TPSA) is 44.9 Å². The molecule has 2 aromatic carbocycles. The van der Waals surface area contributed by atoms with Crippen molar-refractivity contribution >= 4 is 45.7 Å². The molecule has 0 fully saturated rings. The maximum atomic E-state index is 13.3. The Kier molecular flexibility index (Phi) is 3.57. The molecule has 6 heteroatoms. The minimum Gasteiger partial charge on any atom is -0.360 e. The Bertz CT molecular complexity index is 822. The molecule has 2 N–H and O–H groups in total. The van der Waals surface area contributed by atoms with E-state index in [9.17, 15) is 9.18 Å². The van der Waals surface area contributed by atoms with Crippen LogP contribution in [-0.2, 0) is 0 Å². The van der Waals surface area contributed by atoms with Gasteiger partial charge in [-0.25, -0.2) is 4.39 Å². The number of fused-ring (bicyclic) bond motifs is 1. The summed E-state index contributed by atoms with van der Waals surface area (Å²) in [6.45, 7) is 0. The Hall–Kier alpha value is -2.04. The van der Waals surface area contributed by atoms with Crippen molar-refractivity contribution in [3.8, 4) is 0 Å². The molecule has 0 saturated heterocycles. The molecular formula is C15H9Cl2FN2O. The van der Waals surface area contributed by atoms with Gasteiger partial charge in [-0.2, -0.15) is 0 Å². The van der Waals surface area contributed by atoms with Crippen LogP contribution in [0.15, 0.2) is 42.6 Å². The maximum absolute atomic E-state index is 13.3. The molecule has 0 aliphatic carbocycles. The van der Waals surface area contributed by atoms with Crippen molar-refractivity contribution in [2.45, 2.75) is 0 Å². The number of hydrogen-bond donors (Lipinski definition) is 2. The normalized spacial score (nSPS) is 10.8. The lowest BCUT2D eigenvalue weighted by atomic mass is 10.1. The van der Waals surface area contributed by atoms with Gasteiger partial charge in [-0.3, -0.25) is 4.79 Å². The van der Waals surface area contributed by atoms with Gasteiger partial charge < -0.3 is 10.3 Å². The molecule has 0 atom stereocenters. The van der Waals surface area contributed by atoms with Gasteiger partial charge in [-0.1, -0.05) is 41.4 Å². The van der Waals surface area contributed by atoms with Gasteiger partial charge in [0.2, 0.25) is 0 Å². The summed E-state index contributed by atoms with van der Waals surface area (Å²) in [5.74, 6) is -1.03. The second-order valence-corrected chi connectivity index (χ2v) is 5.27. The first kappa shape index (κ1) is 13.9. The van der Waals surface area contributed by atoms with Gasteiger partial charge in [0, 0.05) is 22.8 Å². The largest absolute Gasteiger partial charge is 0.360 e. The van der Waals surface area contributed by atoms with Gasteiger partial charge in [0.1, 0.15) is 0 Å². The van der Waals surface area contributed by atoms with E-state index >= 15 is 0 Å². The van der Waals surface area contributed by atoms with Crippen LogP contribution < -0.4 is 5.32 Å². The van der Waals surface area contributed by atoms with Crippen molar-refractivity contribution in [3.05, 3.63) is 64.0 Å². The number of anilines is 1. The molecule has 1 aromatic heterocycles. The third-order valence-corrected chi connectivity index (χ3v) is 3.63. The summed E-state index contributed by atoms with van der Waals surface area (Å²) >= 11 is 11.4. The number of nitrogens with one attached hydrogen (secondary N) is 2. The Labute approximate surface area is 129 Å². The first-order chi connectivity index (χ1) is 10.1. The van der Waals surface area contributed by atoms with Gasteiger partial charge in [0.25, 0.3) is 5.91 Å². The predicted octanol–water partition coefficient (Wildman–Crippen LogP) is 4.87. The Morgan fingerprint density at radius 2 is 1.81 bits per heavy atom. The van der Waals surface area contributed by atoms with Gasteiger partial charge >= 0.3 is 0 Å². The third kappa shape index (κ3) is 2.60. The number of aromatic nitrogens is 1. The van der Waals surface area contributed by atoms with Crippen molar-refractivity contribution in [3.63, 3.8) is 0 Å². The highest BCUT2D eigenvalue weighted by Crippen LogP contribution is 2.28. The lowest BCUT2D eigenvalue weighted by molar-refractivity contribution is 0.102. The number of carbonyl (C=O) groups is 1. The number of rotatable bonds is 2. The summed E-state index contributed by atoms with van der Waals surface area (Å²) in [4.78, 5) is 15.3. The second-order valence-electron chi connectivity index (χ2n) is 4.46. The number of benzene rings is 2. The molecule has 0 aliphatic heterocycles. The molecule has 21 heavy (non-hydrogen) atoms. The lowest BCUT2D eigenvalue weighted by Crippen LogP contribution is -2.11. The van der Waals surface area contributed by atoms with Crippen molar-refractivity contribution in [2.75, 3.05) is 5.32 Å². The van der Waals surface area contributed by atoms with Gasteiger partial charge in [-0.05, 0) is 18.2 Å². The van der Waals surface area contributed by atoms with E-state index < -0.39 is 5.82 Å². The Balaban J connectivity index is 1.93. The smallest absolute Gasteiger partial charge is 0.257 e. The van der Waals surface area contributed by atoms with Crippen LogP contribution in [0.5, 0.6) is 0 Å². The van der Waals surface area contributed by atoms with E-state index in [-0.39, 0.29) is 16.0 Å². The van der Waals surface area contributed by atoms with Crippen LogP contribution in [0.2, 0.25) is 10.0 Å². The molecule has 1 heterocycles. The second kappa shape index (κ2) is 5.39. The average Bonchev–Trinajstić information content (AvgIpc) is 2.88. The monoisotopic (exact) mass is 322 g/mol. The molecule has 3 nitrogen and oxygen atoms in total. The van der Waals surface area contributed by atoms with E-state index in [2.05, 4.69) is 10.3 Å². The minimum absolute atomic E-state index is 0.142. The molecule has 0 saturated carbocycles. The van der Waals surface area contributed by atoms with Gasteiger partial charge in [0.15, 0.2) is 5.82 Å². The van der Waals surface area contributed by atoms with Crippen LogP contribution in [-0.4, -0.2) is 10.9 Å². The zero-order valence-electron chi connectivity index (χ0n) is 10.6. The van der Waals surface area contributed by atoms with Gasteiger partial charge in [-0.15, -0.1) is 0 Å². The summed E-state index contributed by atoms with van der Waals surface area (Å²) in [6, 6.07) is 10.1. The maximum Gasteiger partial charge on any atom is 0.257 e. The van der Waals surface area contributed by atoms with Crippen LogP contribution in [0.1, 0.15) is 10.4 Å². The van der Waals surface area contributed by atoms with E-state index in [4.69, 9.17) is 23.2 Å². The van der Waals surface area contributed by atoms with E-state index in [1.54, 1.807) is 6.20 Å². The molecule has 0 bridgehead atoms. The molecule has 106 valence electrons. The SMILES string of the molecule is O=C(Nc1cc(Cl)c(F)c(Cl)c1)c1c[nH]c2ccccc12. The van der Waals surface area contributed by atoms with Crippen molar-refractivity contribution < 1.29 is 9.18 Å². The number of amides is 1. The average molecular weight is 323 g/mol. The molecule has 0 aliphatic rings. The zero-order chi connectivity index (χ0) is 15.0. The van der Waals surface area contributed by atoms with E-state index in [0.717, 1.165) is 10.9 Å². The van der Waals surface area contributed by atoms with Crippen LogP contribution in [0.3, 0.4) is 0 Å². The molecule has 3 aromatic rings. The van der Waals surface area contributed by atoms with Crippen molar-refractivity contribution in [1.29, 1.82) is 0 Å². The number of halogens is 3. The summed E-state index contributed by atoms with van der Waals surface area (Å²) in [5.41, 5.74) is 1.68. The molecule has 3 rings (SSSR count). The van der Waals surface area contributed by atoms with Crippen LogP contribution in [0.25, 0.3) is 10.9 Å². The number of aromatic amines is 1. The number of para-hydroxylation sites is 1. The van der Waals surface area contributed by atoms with Crippen LogP contribution >= 0.6 is 23.2 Å². The van der Waals surface area contributed by atoms with Crippen LogP contribution in [0, 0.1) is 5.82 Å². The highest BCUT2D eigenvalue weighted by molar-refractivity contribution is 6.35. The van der Waals surface area contributed by atoms with Crippen molar-refractivity contribution in [1.82, 2.24) is 4.98 Å². The Morgan fingerprint density at radius 3 is 2.52 bits per heavy atom. The van der Waals surface area contributed by atoms with Crippen molar-refractivity contribution in [2.24, 2.45) is 0 Å². The minimum atomic E-state index is -0.705. The quantitative estimate of drug-likeness (QED) is 0.650. The summed E-state index contributed by atoms with van der Waals surface area (Å²) in [6.07, 6.45) is 1.62. The number of carbonyl (C=O) groups excluding carboxylic acids is 1. The molecule has 0 radical (unpaired) electrons. The third-order valence-electron chi connectivity index (χ3n) is 3.08.